The molecule has 1 heterocycles. The average molecular weight is 413 g/mol. The highest BCUT2D eigenvalue weighted by molar-refractivity contribution is 6.36. The molecule has 0 saturated heterocycles. The largest absolute Gasteiger partial charge is 0.311 e. The fourth-order valence-electron chi connectivity index (χ4n) is 3.36. The van der Waals surface area contributed by atoms with Gasteiger partial charge < -0.3 is 4.90 Å². The number of nitrogens with zero attached hydrogens (tertiary/aromatic N) is 1. The van der Waals surface area contributed by atoms with Gasteiger partial charge in [0.1, 0.15) is 0 Å². The van der Waals surface area contributed by atoms with E-state index in [1.54, 1.807) is 25.2 Å². The lowest BCUT2D eigenvalue weighted by Gasteiger charge is -2.26. The first-order valence-corrected chi connectivity index (χ1v) is 9.60. The summed E-state index contributed by atoms with van der Waals surface area (Å²) in [6, 6.07) is 18.1. The number of likely N-dealkylation sites (N-methyl/N-ethyl adjacent to an activating group) is 1. The van der Waals surface area contributed by atoms with E-state index in [1.165, 1.54) is 17.0 Å². The Morgan fingerprint density at radius 2 is 1.71 bits per heavy atom. The predicted molar refractivity (Wildman–Crippen MR) is 116 cm³/mol. The minimum atomic E-state index is -1.05. The van der Waals surface area contributed by atoms with Crippen LogP contribution in [0.1, 0.15) is 27.0 Å². The number of Topliss-reactive ketones (excluding diaryl/α,β-unsaturated/α-hetero) is 1. The number of hydrogen-bond donors (Lipinski definition) is 0. The molecule has 1 aliphatic rings. The summed E-state index contributed by atoms with van der Waals surface area (Å²) in [6.45, 7) is 0. The van der Waals surface area contributed by atoms with Crippen LogP contribution in [0.2, 0.25) is 0 Å². The van der Waals surface area contributed by atoms with Crippen molar-refractivity contribution < 1.29 is 18.4 Å². The normalized spacial score (nSPS) is 14.3. The lowest BCUT2D eigenvalue weighted by molar-refractivity contribution is -0.114. The second kappa shape index (κ2) is 8.37. The first-order chi connectivity index (χ1) is 14.9. The van der Waals surface area contributed by atoms with Crippen LogP contribution in [0.4, 0.5) is 14.5 Å². The highest BCUT2D eigenvalue weighted by Crippen LogP contribution is 2.31. The van der Waals surface area contributed by atoms with Gasteiger partial charge in [-0.05, 0) is 47.5 Å². The van der Waals surface area contributed by atoms with Crippen molar-refractivity contribution in [1.82, 2.24) is 0 Å². The summed E-state index contributed by atoms with van der Waals surface area (Å²) >= 11 is 0. The van der Waals surface area contributed by atoms with Crippen molar-refractivity contribution >= 4 is 23.5 Å². The number of benzene rings is 3. The molecule has 5 heteroatoms. The van der Waals surface area contributed by atoms with Crippen LogP contribution in [-0.2, 0) is 11.2 Å². The van der Waals surface area contributed by atoms with E-state index in [9.17, 15) is 18.4 Å². The molecular formula is C26H17F2NO2. The molecular weight excluding hydrogens is 396 g/mol. The van der Waals surface area contributed by atoms with Crippen molar-refractivity contribution in [1.29, 1.82) is 0 Å². The Kier molecular flexibility index (Phi) is 5.46. The van der Waals surface area contributed by atoms with Gasteiger partial charge in [-0.25, -0.2) is 8.78 Å². The van der Waals surface area contributed by atoms with Gasteiger partial charge in [0.05, 0.1) is 11.3 Å². The Morgan fingerprint density at radius 3 is 2.45 bits per heavy atom. The molecule has 4 rings (SSSR count). The molecule has 0 spiro atoms. The molecule has 1 amide bonds. The van der Waals surface area contributed by atoms with Crippen LogP contribution in [0.25, 0.3) is 6.08 Å². The van der Waals surface area contributed by atoms with Crippen molar-refractivity contribution in [2.24, 2.45) is 0 Å². The minimum absolute atomic E-state index is 0.115. The zero-order valence-electron chi connectivity index (χ0n) is 16.7. The predicted octanol–water partition coefficient (Wildman–Crippen LogP) is 4.80. The van der Waals surface area contributed by atoms with Gasteiger partial charge in [0.25, 0.3) is 5.91 Å². The number of amides is 1. The Bertz CT molecular complexity index is 1280. The maximum atomic E-state index is 13.5. The zero-order valence-corrected chi connectivity index (χ0v) is 16.7. The highest BCUT2D eigenvalue weighted by atomic mass is 19.2. The van der Waals surface area contributed by atoms with Crippen LogP contribution in [-0.4, -0.2) is 18.7 Å². The summed E-state index contributed by atoms with van der Waals surface area (Å²) in [5.74, 6) is 3.11. The van der Waals surface area contributed by atoms with Crippen LogP contribution >= 0.6 is 0 Å². The summed E-state index contributed by atoms with van der Waals surface area (Å²) in [5, 5.41) is 0. The second-order valence-corrected chi connectivity index (χ2v) is 7.12. The number of rotatable bonds is 2. The molecule has 0 atom stereocenters. The van der Waals surface area contributed by atoms with Gasteiger partial charge in [0.15, 0.2) is 11.6 Å². The van der Waals surface area contributed by atoms with Gasteiger partial charge in [0.2, 0.25) is 5.78 Å². The number of carbonyl (C=O) groups excluding carboxylic acids is 2. The van der Waals surface area contributed by atoms with E-state index in [1.807, 2.05) is 30.3 Å². The van der Waals surface area contributed by atoms with Crippen molar-refractivity contribution in [2.45, 2.75) is 6.42 Å². The Labute approximate surface area is 178 Å². The monoisotopic (exact) mass is 413 g/mol. The third kappa shape index (κ3) is 4.15. The van der Waals surface area contributed by atoms with Crippen LogP contribution in [0, 0.1) is 23.5 Å². The zero-order chi connectivity index (χ0) is 22.0. The van der Waals surface area contributed by atoms with Crippen molar-refractivity contribution in [2.75, 3.05) is 11.9 Å². The molecule has 152 valence electrons. The molecule has 3 nitrogen and oxygen atoms in total. The third-order valence-electron chi connectivity index (χ3n) is 5.00. The Balaban J connectivity index is 1.67. The van der Waals surface area contributed by atoms with E-state index < -0.39 is 23.3 Å². The smallest absolute Gasteiger partial charge is 0.262 e. The number of carbonyl (C=O) groups is 2. The summed E-state index contributed by atoms with van der Waals surface area (Å²) in [6.07, 6.45) is 1.85. The Hall–Kier alpha value is -4.04. The maximum Gasteiger partial charge on any atom is 0.262 e. The fraction of sp³-hybridized carbons (Fsp3) is 0.0769. The van der Waals surface area contributed by atoms with Gasteiger partial charge in [-0.1, -0.05) is 48.2 Å². The summed E-state index contributed by atoms with van der Waals surface area (Å²) in [4.78, 5) is 27.1. The van der Waals surface area contributed by atoms with E-state index in [2.05, 4.69) is 11.8 Å². The Morgan fingerprint density at radius 1 is 0.935 bits per heavy atom. The quantitative estimate of drug-likeness (QED) is 0.344. The number of fused-ring (bicyclic) bond motifs is 1. The van der Waals surface area contributed by atoms with E-state index in [-0.39, 0.29) is 11.1 Å². The van der Waals surface area contributed by atoms with Gasteiger partial charge in [-0.15, -0.1) is 0 Å². The SMILES string of the molecule is CN1C(=O)C(=Cc2ccc(F)c(F)c2)C(=O)c2cc(C#CCc3ccccc3)ccc21. The molecule has 0 bridgehead atoms. The van der Waals surface area contributed by atoms with E-state index in [0.29, 0.717) is 23.2 Å². The van der Waals surface area contributed by atoms with Gasteiger partial charge in [-0.2, -0.15) is 0 Å². The van der Waals surface area contributed by atoms with Crippen LogP contribution in [0.5, 0.6) is 0 Å². The molecule has 0 aliphatic carbocycles. The number of ketones is 1. The topological polar surface area (TPSA) is 37.4 Å². The number of anilines is 1. The summed E-state index contributed by atoms with van der Waals surface area (Å²) < 4.78 is 26.7. The summed E-state index contributed by atoms with van der Waals surface area (Å²) in [7, 11) is 1.56. The fourth-order valence-corrected chi connectivity index (χ4v) is 3.36. The molecule has 31 heavy (non-hydrogen) atoms. The van der Waals surface area contributed by atoms with E-state index in [4.69, 9.17) is 0 Å². The van der Waals surface area contributed by atoms with Crippen LogP contribution in [0.3, 0.4) is 0 Å². The lowest BCUT2D eigenvalue weighted by atomic mass is 9.92. The third-order valence-corrected chi connectivity index (χ3v) is 5.00. The molecule has 3 aromatic rings. The van der Waals surface area contributed by atoms with Gasteiger partial charge >= 0.3 is 0 Å². The van der Waals surface area contributed by atoms with Gasteiger partial charge in [-0.3, -0.25) is 9.59 Å². The first-order valence-electron chi connectivity index (χ1n) is 9.60. The van der Waals surface area contributed by atoms with Crippen LogP contribution in [0.15, 0.2) is 72.3 Å². The summed E-state index contributed by atoms with van der Waals surface area (Å²) in [5.41, 5.74) is 2.67. The minimum Gasteiger partial charge on any atom is -0.311 e. The number of halogens is 2. The lowest BCUT2D eigenvalue weighted by Crippen LogP contribution is -2.36. The molecule has 0 radical (unpaired) electrons. The van der Waals surface area contributed by atoms with E-state index >= 15 is 0 Å². The standard InChI is InChI=1S/C26H17F2NO2/c1-29-24-13-11-18(9-5-8-17-6-3-2-4-7-17)14-20(24)25(30)21(26(29)31)15-19-10-12-22(27)23(28)16-19/h2-4,6-7,10-16H,8H2,1H3. The molecule has 0 fully saturated rings. The second-order valence-electron chi connectivity index (χ2n) is 7.12. The molecule has 0 unspecified atom stereocenters. The van der Waals surface area contributed by atoms with E-state index in [0.717, 1.165) is 17.7 Å². The molecule has 0 aromatic heterocycles. The van der Waals surface area contributed by atoms with Crippen molar-refractivity contribution in [3.63, 3.8) is 0 Å². The van der Waals surface area contributed by atoms with Crippen molar-refractivity contribution in [3.8, 4) is 11.8 Å². The average Bonchev–Trinajstić information content (AvgIpc) is 2.78. The molecule has 0 N–H and O–H groups in total. The maximum absolute atomic E-state index is 13.5. The highest BCUT2D eigenvalue weighted by Gasteiger charge is 2.32. The van der Waals surface area contributed by atoms with Crippen molar-refractivity contribution in [3.05, 3.63) is 106 Å². The molecule has 3 aromatic carbocycles. The molecule has 0 saturated carbocycles. The van der Waals surface area contributed by atoms with Crippen LogP contribution < -0.4 is 4.90 Å². The first kappa shape index (κ1) is 20.2. The number of hydrogen-bond acceptors (Lipinski definition) is 2. The molecule has 1 aliphatic heterocycles. The van der Waals surface area contributed by atoms with Gasteiger partial charge in [0, 0.05) is 24.6 Å².